The lowest BCUT2D eigenvalue weighted by Gasteiger charge is -2.27. The molecule has 3 aromatic rings. The number of hydrogen-bond donors (Lipinski definition) is 0. The average molecular weight is 427 g/mol. The molecule has 2 aromatic carbocycles. The summed E-state index contributed by atoms with van der Waals surface area (Å²) >= 11 is 7.77. The van der Waals surface area contributed by atoms with E-state index in [2.05, 4.69) is 17.1 Å². The molecule has 148 valence electrons. The van der Waals surface area contributed by atoms with Crippen LogP contribution in [0.2, 0.25) is 5.02 Å². The Bertz CT molecular complexity index is 1030. The summed E-state index contributed by atoms with van der Waals surface area (Å²) in [6.45, 7) is 2.11. The van der Waals surface area contributed by atoms with Gasteiger partial charge in [0.2, 0.25) is 0 Å². The Kier molecular flexibility index (Phi) is 6.02. The lowest BCUT2D eigenvalue weighted by Crippen LogP contribution is -2.20. The van der Waals surface area contributed by atoms with Crippen LogP contribution in [0.5, 0.6) is 5.75 Å². The summed E-state index contributed by atoms with van der Waals surface area (Å²) in [7, 11) is 0. The largest absolute Gasteiger partial charge is 0.484 e. The molecule has 0 spiro atoms. The van der Waals surface area contributed by atoms with E-state index in [0.717, 1.165) is 22.6 Å². The lowest BCUT2D eigenvalue weighted by molar-refractivity contribution is -0.145. The molecule has 0 radical (unpaired) electrons. The molecule has 5 nitrogen and oxygen atoms in total. The van der Waals surface area contributed by atoms with E-state index in [9.17, 15) is 4.79 Å². The van der Waals surface area contributed by atoms with E-state index in [-0.39, 0.29) is 12.4 Å². The van der Waals surface area contributed by atoms with Crippen molar-refractivity contribution in [3.63, 3.8) is 0 Å². The van der Waals surface area contributed by atoms with Gasteiger partial charge in [0, 0.05) is 28.1 Å². The Balaban J connectivity index is 1.65. The molecule has 0 fully saturated rings. The van der Waals surface area contributed by atoms with Crippen LogP contribution in [0, 0.1) is 0 Å². The molecule has 4 rings (SSSR count). The van der Waals surface area contributed by atoms with Gasteiger partial charge in [0.25, 0.3) is 0 Å². The maximum atomic E-state index is 12.0. The number of rotatable bonds is 6. The van der Waals surface area contributed by atoms with Crippen molar-refractivity contribution in [1.29, 1.82) is 0 Å². The second-order valence-corrected chi connectivity index (χ2v) is 7.87. The first-order valence-corrected chi connectivity index (χ1v) is 10.7. The lowest BCUT2D eigenvalue weighted by atomic mass is 9.97. The van der Waals surface area contributed by atoms with Gasteiger partial charge in [0.15, 0.2) is 5.16 Å². The molecule has 1 atom stereocenters. The number of hydrogen-bond acceptors (Lipinski definition) is 6. The Hall–Kier alpha value is -2.57. The third kappa shape index (κ3) is 4.54. The fourth-order valence-electron chi connectivity index (χ4n) is 3.15. The van der Waals surface area contributed by atoms with E-state index < -0.39 is 6.10 Å². The van der Waals surface area contributed by atoms with Gasteiger partial charge in [-0.15, -0.1) is 0 Å². The van der Waals surface area contributed by atoms with Gasteiger partial charge in [0.05, 0.1) is 18.7 Å². The fraction of sp³-hybridized carbons (Fsp3) is 0.227. The molecule has 29 heavy (non-hydrogen) atoms. The number of nitrogens with zero attached hydrogens (tertiary/aromatic N) is 2. The Labute approximate surface area is 178 Å². The van der Waals surface area contributed by atoms with Crippen LogP contribution in [0.15, 0.2) is 59.9 Å². The second kappa shape index (κ2) is 8.84. The maximum Gasteiger partial charge on any atom is 0.309 e. The molecule has 7 heteroatoms. The Morgan fingerprint density at radius 2 is 2.07 bits per heavy atom. The SMILES string of the molecule is CCOC(=O)CC1Oc2ccc(Cl)cc2-c2nc(SCc3ccccc3)ncc21. The monoisotopic (exact) mass is 426 g/mol. The standard InChI is InChI=1S/C22H19ClN2O3S/c1-2-27-20(26)11-19-17-12-24-22(29-13-14-6-4-3-5-7-14)25-21(17)16-10-15(23)8-9-18(16)28-19/h3-10,12,19H,2,11,13H2,1H3. The van der Waals surface area contributed by atoms with E-state index >= 15 is 0 Å². The maximum absolute atomic E-state index is 12.0. The van der Waals surface area contributed by atoms with Crippen LogP contribution in [0.4, 0.5) is 0 Å². The highest BCUT2D eigenvalue weighted by molar-refractivity contribution is 7.98. The van der Waals surface area contributed by atoms with Crippen molar-refractivity contribution < 1.29 is 14.3 Å². The summed E-state index contributed by atoms with van der Waals surface area (Å²) in [5, 5.41) is 1.26. The number of thioether (sulfide) groups is 1. The zero-order valence-corrected chi connectivity index (χ0v) is 17.4. The number of halogens is 1. The van der Waals surface area contributed by atoms with E-state index in [0.29, 0.717) is 22.5 Å². The van der Waals surface area contributed by atoms with Gasteiger partial charge < -0.3 is 9.47 Å². The Morgan fingerprint density at radius 1 is 1.24 bits per heavy atom. The summed E-state index contributed by atoms with van der Waals surface area (Å²) in [6.07, 6.45) is 1.34. The van der Waals surface area contributed by atoms with E-state index in [1.165, 1.54) is 5.56 Å². The van der Waals surface area contributed by atoms with Crippen molar-refractivity contribution in [2.24, 2.45) is 0 Å². The van der Waals surface area contributed by atoms with Gasteiger partial charge in [0.1, 0.15) is 11.9 Å². The molecular weight excluding hydrogens is 408 g/mol. The van der Waals surface area contributed by atoms with Crippen molar-refractivity contribution in [2.45, 2.75) is 30.4 Å². The van der Waals surface area contributed by atoms with E-state index in [4.69, 9.17) is 26.1 Å². The molecule has 1 aromatic heterocycles. The van der Waals surface area contributed by atoms with Crippen LogP contribution in [0.1, 0.15) is 30.6 Å². The zero-order valence-electron chi connectivity index (χ0n) is 15.8. The highest BCUT2D eigenvalue weighted by Crippen LogP contribution is 2.44. The molecule has 0 bridgehead atoms. The van der Waals surface area contributed by atoms with Crippen LogP contribution >= 0.6 is 23.4 Å². The first-order chi connectivity index (χ1) is 14.1. The molecule has 0 saturated carbocycles. The second-order valence-electron chi connectivity index (χ2n) is 6.49. The minimum Gasteiger partial charge on any atom is -0.484 e. The number of fused-ring (bicyclic) bond motifs is 3. The molecule has 0 aliphatic carbocycles. The number of ether oxygens (including phenoxy) is 2. The highest BCUT2D eigenvalue weighted by atomic mass is 35.5. The molecule has 0 saturated heterocycles. The molecule has 0 amide bonds. The van der Waals surface area contributed by atoms with Crippen molar-refractivity contribution in [1.82, 2.24) is 9.97 Å². The minimum atomic E-state index is -0.495. The molecule has 1 aliphatic rings. The molecular formula is C22H19ClN2O3S. The van der Waals surface area contributed by atoms with Crippen LogP contribution in [0.25, 0.3) is 11.3 Å². The zero-order chi connectivity index (χ0) is 20.2. The van der Waals surface area contributed by atoms with Crippen molar-refractivity contribution in [3.8, 4) is 17.0 Å². The van der Waals surface area contributed by atoms with Gasteiger partial charge >= 0.3 is 5.97 Å². The van der Waals surface area contributed by atoms with Crippen molar-refractivity contribution in [2.75, 3.05) is 6.61 Å². The highest BCUT2D eigenvalue weighted by Gasteiger charge is 2.30. The summed E-state index contributed by atoms with van der Waals surface area (Å²) in [5.74, 6) is 1.10. The van der Waals surface area contributed by atoms with Crippen LogP contribution < -0.4 is 4.74 Å². The smallest absolute Gasteiger partial charge is 0.309 e. The summed E-state index contributed by atoms with van der Waals surface area (Å²) < 4.78 is 11.1. The van der Waals surface area contributed by atoms with Gasteiger partial charge in [-0.3, -0.25) is 4.79 Å². The summed E-state index contributed by atoms with van der Waals surface area (Å²) in [4.78, 5) is 21.3. The third-order valence-electron chi connectivity index (χ3n) is 4.48. The predicted molar refractivity (Wildman–Crippen MR) is 113 cm³/mol. The topological polar surface area (TPSA) is 61.3 Å². The first kappa shape index (κ1) is 19.7. The number of carbonyl (C=O) groups is 1. The summed E-state index contributed by atoms with van der Waals surface area (Å²) in [5.41, 5.74) is 3.51. The molecule has 2 heterocycles. The number of benzene rings is 2. The van der Waals surface area contributed by atoms with Crippen LogP contribution in [-0.4, -0.2) is 22.5 Å². The minimum absolute atomic E-state index is 0.1000. The van der Waals surface area contributed by atoms with Crippen LogP contribution in [0.3, 0.4) is 0 Å². The molecule has 1 aliphatic heterocycles. The number of carbonyl (C=O) groups excluding carboxylic acids is 1. The Morgan fingerprint density at radius 3 is 2.86 bits per heavy atom. The number of esters is 1. The fourth-order valence-corrected chi connectivity index (χ4v) is 4.09. The van der Waals surface area contributed by atoms with Crippen LogP contribution in [-0.2, 0) is 15.3 Å². The third-order valence-corrected chi connectivity index (χ3v) is 5.64. The van der Waals surface area contributed by atoms with E-state index in [1.54, 1.807) is 37.0 Å². The quantitative estimate of drug-likeness (QED) is 0.295. The van der Waals surface area contributed by atoms with Gasteiger partial charge in [-0.25, -0.2) is 9.97 Å². The molecule has 1 unspecified atom stereocenters. The first-order valence-electron chi connectivity index (χ1n) is 9.30. The van der Waals surface area contributed by atoms with Gasteiger partial charge in [-0.05, 0) is 30.7 Å². The predicted octanol–water partition coefficient (Wildman–Crippen LogP) is 5.48. The summed E-state index contributed by atoms with van der Waals surface area (Å²) in [6, 6.07) is 15.6. The van der Waals surface area contributed by atoms with E-state index in [1.807, 2.05) is 24.3 Å². The number of aromatic nitrogens is 2. The normalized spacial score (nSPS) is 14.5. The van der Waals surface area contributed by atoms with Gasteiger partial charge in [-0.1, -0.05) is 53.7 Å². The van der Waals surface area contributed by atoms with Crippen molar-refractivity contribution >= 4 is 29.3 Å². The van der Waals surface area contributed by atoms with Crippen molar-refractivity contribution in [3.05, 3.63) is 70.9 Å². The average Bonchev–Trinajstić information content (AvgIpc) is 2.73. The van der Waals surface area contributed by atoms with Gasteiger partial charge in [-0.2, -0.15) is 0 Å². The molecule has 0 N–H and O–H groups in total.